The first-order valence-electron chi connectivity index (χ1n) is 4.10. The number of nitriles is 1. The molecule has 0 aliphatic heterocycles. The summed E-state index contributed by atoms with van der Waals surface area (Å²) in [6, 6.07) is 6.45. The van der Waals surface area contributed by atoms with Crippen LogP contribution in [0.3, 0.4) is 0 Å². The van der Waals surface area contributed by atoms with E-state index >= 15 is 0 Å². The summed E-state index contributed by atoms with van der Waals surface area (Å²) in [7, 11) is 3.10. The third-order valence-electron chi connectivity index (χ3n) is 1.91. The molecule has 0 fully saturated rings. The van der Waals surface area contributed by atoms with Crippen molar-refractivity contribution in [1.29, 1.82) is 5.26 Å². The molecule has 1 rings (SSSR count). The topological polar surface area (TPSA) is 68.3 Å². The number of hydrogen-bond donors (Lipinski definition) is 1. The summed E-state index contributed by atoms with van der Waals surface area (Å²) >= 11 is 0. The highest BCUT2D eigenvalue weighted by Crippen LogP contribution is 2.27. The molecule has 0 spiro atoms. The Balaban J connectivity index is 3.12. The van der Waals surface area contributed by atoms with Gasteiger partial charge in [-0.15, -0.1) is 0 Å². The van der Waals surface area contributed by atoms with Gasteiger partial charge in [0.15, 0.2) is 0 Å². The van der Waals surface area contributed by atoms with E-state index in [1.54, 1.807) is 25.3 Å². The van der Waals surface area contributed by atoms with Gasteiger partial charge in [-0.3, -0.25) is 0 Å². The van der Waals surface area contributed by atoms with Crippen molar-refractivity contribution in [2.45, 2.75) is 6.04 Å². The molecule has 1 atom stereocenters. The zero-order chi connectivity index (χ0) is 10.6. The lowest BCUT2D eigenvalue weighted by Gasteiger charge is -2.11. The van der Waals surface area contributed by atoms with Crippen LogP contribution in [0, 0.1) is 11.3 Å². The third kappa shape index (κ3) is 1.95. The Bertz CT molecular complexity index is 358. The third-order valence-corrected chi connectivity index (χ3v) is 1.91. The number of benzene rings is 1. The molecule has 0 saturated carbocycles. The molecule has 14 heavy (non-hydrogen) atoms. The molecular weight excluding hydrogens is 180 g/mol. The van der Waals surface area contributed by atoms with E-state index in [0.717, 1.165) is 0 Å². The van der Waals surface area contributed by atoms with Crippen molar-refractivity contribution >= 4 is 0 Å². The predicted molar refractivity (Wildman–Crippen MR) is 52.1 cm³/mol. The molecule has 1 aromatic rings. The van der Waals surface area contributed by atoms with Crippen molar-refractivity contribution in [3.63, 3.8) is 0 Å². The number of rotatable bonds is 3. The van der Waals surface area contributed by atoms with Crippen LogP contribution in [0.5, 0.6) is 11.5 Å². The van der Waals surface area contributed by atoms with Gasteiger partial charge in [-0.2, -0.15) is 5.26 Å². The minimum atomic E-state index is -0.671. The summed E-state index contributed by atoms with van der Waals surface area (Å²) < 4.78 is 10.1. The number of hydrogen-bond acceptors (Lipinski definition) is 4. The summed E-state index contributed by atoms with van der Waals surface area (Å²) in [5.74, 6) is 1.24. The van der Waals surface area contributed by atoms with Gasteiger partial charge >= 0.3 is 0 Å². The smallest absolute Gasteiger partial charge is 0.128 e. The van der Waals surface area contributed by atoms with Crippen molar-refractivity contribution in [2.24, 2.45) is 5.73 Å². The predicted octanol–water partition coefficient (Wildman–Crippen LogP) is 1.23. The highest BCUT2D eigenvalue weighted by molar-refractivity contribution is 5.44. The molecule has 1 aromatic carbocycles. The van der Waals surface area contributed by atoms with Gasteiger partial charge in [0.2, 0.25) is 0 Å². The highest BCUT2D eigenvalue weighted by Gasteiger charge is 2.11. The molecule has 74 valence electrons. The fourth-order valence-electron chi connectivity index (χ4n) is 1.14. The molecule has 0 aliphatic carbocycles. The minimum absolute atomic E-state index is 0.568. The van der Waals surface area contributed by atoms with E-state index in [-0.39, 0.29) is 0 Å². The lowest BCUT2D eigenvalue weighted by Crippen LogP contribution is -2.08. The Morgan fingerprint density at radius 2 is 2.07 bits per heavy atom. The van der Waals surface area contributed by atoms with Crippen LogP contribution in [-0.2, 0) is 0 Å². The monoisotopic (exact) mass is 192 g/mol. The van der Waals surface area contributed by atoms with E-state index in [2.05, 4.69) is 0 Å². The van der Waals surface area contributed by atoms with E-state index in [4.69, 9.17) is 20.5 Å². The van der Waals surface area contributed by atoms with Crippen molar-refractivity contribution < 1.29 is 9.47 Å². The SMILES string of the molecule is COc1ccc([C@@H](N)C#N)c(OC)c1. The average Bonchev–Trinajstić information content (AvgIpc) is 2.27. The van der Waals surface area contributed by atoms with Crippen LogP contribution in [0.1, 0.15) is 11.6 Å². The van der Waals surface area contributed by atoms with E-state index in [0.29, 0.717) is 17.1 Å². The van der Waals surface area contributed by atoms with Gasteiger partial charge in [0.05, 0.1) is 20.3 Å². The number of nitrogens with two attached hydrogens (primary N) is 1. The van der Waals surface area contributed by atoms with Crippen LogP contribution >= 0.6 is 0 Å². The summed E-state index contributed by atoms with van der Waals surface area (Å²) in [6.07, 6.45) is 0. The van der Waals surface area contributed by atoms with Crippen LogP contribution in [0.2, 0.25) is 0 Å². The molecule has 0 heterocycles. The van der Waals surface area contributed by atoms with Gasteiger partial charge in [0.25, 0.3) is 0 Å². The van der Waals surface area contributed by atoms with Crippen LogP contribution in [0.4, 0.5) is 0 Å². The quantitative estimate of drug-likeness (QED) is 0.782. The van der Waals surface area contributed by atoms with E-state index < -0.39 is 6.04 Å². The van der Waals surface area contributed by atoms with Gasteiger partial charge in [0, 0.05) is 11.6 Å². The normalized spacial score (nSPS) is 11.6. The molecule has 2 N–H and O–H groups in total. The second-order valence-electron chi connectivity index (χ2n) is 2.71. The highest BCUT2D eigenvalue weighted by atomic mass is 16.5. The fraction of sp³-hybridized carbons (Fsp3) is 0.300. The Labute approximate surface area is 82.9 Å². The molecule has 4 heteroatoms. The Kier molecular flexibility index (Phi) is 3.32. The molecule has 0 aromatic heterocycles. The van der Waals surface area contributed by atoms with Crippen molar-refractivity contribution in [1.82, 2.24) is 0 Å². The zero-order valence-corrected chi connectivity index (χ0v) is 8.15. The largest absolute Gasteiger partial charge is 0.497 e. The molecule has 0 aliphatic rings. The maximum absolute atomic E-state index is 8.67. The molecule has 0 radical (unpaired) electrons. The molecule has 0 bridgehead atoms. The van der Waals surface area contributed by atoms with Crippen molar-refractivity contribution in [2.75, 3.05) is 14.2 Å². The maximum Gasteiger partial charge on any atom is 0.128 e. The number of methoxy groups -OCH3 is 2. The first kappa shape index (κ1) is 10.4. The Hall–Kier alpha value is -1.73. The molecule has 0 saturated heterocycles. The van der Waals surface area contributed by atoms with Crippen molar-refractivity contribution in [3.05, 3.63) is 23.8 Å². The minimum Gasteiger partial charge on any atom is -0.497 e. The number of ether oxygens (including phenoxy) is 2. The first-order valence-corrected chi connectivity index (χ1v) is 4.10. The van der Waals surface area contributed by atoms with Gasteiger partial charge < -0.3 is 15.2 Å². The summed E-state index contributed by atoms with van der Waals surface area (Å²) in [6.45, 7) is 0. The second kappa shape index (κ2) is 4.49. The van der Waals surface area contributed by atoms with Gasteiger partial charge in [0.1, 0.15) is 17.5 Å². The van der Waals surface area contributed by atoms with Gasteiger partial charge in [-0.05, 0) is 12.1 Å². The van der Waals surface area contributed by atoms with Crippen LogP contribution in [0.15, 0.2) is 18.2 Å². The Morgan fingerprint density at radius 3 is 2.57 bits per heavy atom. The maximum atomic E-state index is 8.67. The molecule has 0 unspecified atom stereocenters. The van der Waals surface area contributed by atoms with E-state index in [9.17, 15) is 0 Å². The second-order valence-corrected chi connectivity index (χ2v) is 2.71. The van der Waals surface area contributed by atoms with Crippen LogP contribution < -0.4 is 15.2 Å². The zero-order valence-electron chi connectivity index (χ0n) is 8.15. The van der Waals surface area contributed by atoms with Gasteiger partial charge in [-0.1, -0.05) is 0 Å². The van der Waals surface area contributed by atoms with E-state index in [1.165, 1.54) is 7.11 Å². The lowest BCUT2D eigenvalue weighted by molar-refractivity contribution is 0.390. The Morgan fingerprint density at radius 1 is 1.36 bits per heavy atom. The fourth-order valence-corrected chi connectivity index (χ4v) is 1.14. The summed E-state index contributed by atoms with van der Waals surface area (Å²) in [5.41, 5.74) is 6.24. The summed E-state index contributed by atoms with van der Waals surface area (Å²) in [4.78, 5) is 0. The molecular formula is C10H12N2O2. The van der Waals surface area contributed by atoms with E-state index in [1.807, 2.05) is 6.07 Å². The standard InChI is InChI=1S/C10H12N2O2/c1-13-7-3-4-8(9(12)6-11)10(5-7)14-2/h3-5,9H,12H2,1-2H3/t9-/m0/s1. The lowest BCUT2D eigenvalue weighted by atomic mass is 10.1. The molecule has 4 nitrogen and oxygen atoms in total. The van der Waals surface area contributed by atoms with Crippen LogP contribution in [-0.4, -0.2) is 14.2 Å². The average molecular weight is 192 g/mol. The molecule has 0 amide bonds. The number of nitrogens with zero attached hydrogens (tertiary/aromatic N) is 1. The summed E-state index contributed by atoms with van der Waals surface area (Å²) in [5, 5.41) is 8.67. The first-order chi connectivity index (χ1) is 6.72. The van der Waals surface area contributed by atoms with Gasteiger partial charge in [-0.25, -0.2) is 0 Å². The van der Waals surface area contributed by atoms with Crippen molar-refractivity contribution in [3.8, 4) is 17.6 Å². The van der Waals surface area contributed by atoms with Crippen LogP contribution in [0.25, 0.3) is 0 Å².